The Morgan fingerprint density at radius 3 is 2.62 bits per heavy atom. The highest BCUT2D eigenvalue weighted by Gasteiger charge is 2.11. The van der Waals surface area contributed by atoms with Crippen LogP contribution in [0.2, 0.25) is 0 Å². The molecule has 0 bridgehead atoms. The number of aromatic nitrogens is 2. The summed E-state index contributed by atoms with van der Waals surface area (Å²) in [5, 5.41) is 13.5. The van der Waals surface area contributed by atoms with Gasteiger partial charge in [0.15, 0.2) is 0 Å². The Kier molecular flexibility index (Phi) is 3.92. The van der Waals surface area contributed by atoms with Gasteiger partial charge in [-0.2, -0.15) is 4.98 Å². The highest BCUT2D eigenvalue weighted by Crippen LogP contribution is 2.26. The molecule has 4 nitrogen and oxygen atoms in total. The monoisotopic (exact) mass is 298 g/mol. The van der Waals surface area contributed by atoms with E-state index in [4.69, 9.17) is 4.52 Å². The lowest BCUT2D eigenvalue weighted by Crippen LogP contribution is -1.82. The van der Waals surface area contributed by atoms with Crippen LogP contribution in [0.25, 0.3) is 22.8 Å². The Morgan fingerprint density at radius 2 is 1.90 bits per heavy atom. The summed E-state index contributed by atoms with van der Waals surface area (Å²) in [5.41, 5.74) is 1.61. The van der Waals surface area contributed by atoms with Crippen LogP contribution in [0, 0.1) is 0 Å². The molecule has 0 amide bonds. The largest absolute Gasteiger partial charge is 0.508 e. The van der Waals surface area contributed by atoms with Crippen molar-refractivity contribution in [3.63, 3.8) is 0 Å². The minimum atomic E-state index is 0.174. The molecule has 0 saturated heterocycles. The van der Waals surface area contributed by atoms with E-state index in [1.165, 1.54) is 4.90 Å². The van der Waals surface area contributed by atoms with E-state index >= 15 is 0 Å². The Morgan fingerprint density at radius 1 is 1.10 bits per heavy atom. The molecule has 1 aromatic heterocycles. The zero-order valence-electron chi connectivity index (χ0n) is 11.5. The molecule has 0 unspecified atom stereocenters. The van der Waals surface area contributed by atoms with E-state index in [9.17, 15) is 5.11 Å². The van der Waals surface area contributed by atoms with Crippen LogP contribution in [-0.2, 0) is 0 Å². The van der Waals surface area contributed by atoms with E-state index in [1.807, 2.05) is 30.3 Å². The van der Waals surface area contributed by atoms with E-state index < -0.39 is 0 Å². The molecule has 0 atom stereocenters. The maximum absolute atomic E-state index is 9.49. The highest BCUT2D eigenvalue weighted by atomic mass is 32.2. The van der Waals surface area contributed by atoms with Gasteiger partial charge in [0, 0.05) is 16.0 Å². The molecule has 106 valence electrons. The van der Waals surface area contributed by atoms with E-state index in [-0.39, 0.29) is 5.75 Å². The van der Waals surface area contributed by atoms with Gasteiger partial charge in [0.05, 0.1) is 0 Å². The predicted molar refractivity (Wildman–Crippen MR) is 83.2 cm³/mol. The number of thioether (sulfide) groups is 1. The first-order chi connectivity index (χ1) is 10.3. The molecule has 1 N–H and O–H groups in total. The van der Waals surface area contributed by atoms with E-state index in [1.54, 1.807) is 30.0 Å². The zero-order chi connectivity index (χ0) is 14.7. The second-order valence-corrected chi connectivity index (χ2v) is 5.77. The molecule has 0 fully saturated rings. The number of phenols is 1. The van der Waals surface area contributed by atoms with Crippen LogP contribution in [0.3, 0.4) is 0 Å². The first-order valence-corrected chi connectivity index (χ1v) is 7.61. The number of rotatable bonds is 4. The summed E-state index contributed by atoms with van der Waals surface area (Å²) in [5.74, 6) is 2.16. The summed E-state index contributed by atoms with van der Waals surface area (Å²) < 4.78 is 5.26. The summed E-state index contributed by atoms with van der Waals surface area (Å²) in [6.07, 6.45) is 0. The van der Waals surface area contributed by atoms with Crippen LogP contribution >= 0.6 is 11.8 Å². The van der Waals surface area contributed by atoms with Crippen LogP contribution in [0.5, 0.6) is 5.75 Å². The van der Waals surface area contributed by atoms with Gasteiger partial charge in [-0.15, -0.1) is 11.8 Å². The molecule has 3 rings (SSSR count). The van der Waals surface area contributed by atoms with Crippen LogP contribution < -0.4 is 0 Å². The van der Waals surface area contributed by atoms with Crippen molar-refractivity contribution in [2.24, 2.45) is 0 Å². The lowest BCUT2D eigenvalue weighted by atomic mass is 10.2. The smallest absolute Gasteiger partial charge is 0.258 e. The summed E-state index contributed by atoms with van der Waals surface area (Å²) in [6.45, 7) is 2.12. The summed E-state index contributed by atoms with van der Waals surface area (Å²) >= 11 is 1.79. The molecule has 5 heteroatoms. The summed E-state index contributed by atoms with van der Waals surface area (Å²) in [6, 6.07) is 14.8. The second-order valence-electron chi connectivity index (χ2n) is 4.43. The lowest BCUT2D eigenvalue weighted by Gasteiger charge is -1.98. The Balaban J connectivity index is 1.87. The molecule has 0 aliphatic carbocycles. The van der Waals surface area contributed by atoms with Gasteiger partial charge in [0.25, 0.3) is 5.89 Å². The number of aromatic hydroxyl groups is 1. The number of phenolic OH excluding ortho intramolecular Hbond substituents is 1. The van der Waals surface area contributed by atoms with Crippen molar-refractivity contribution in [1.82, 2.24) is 10.1 Å². The van der Waals surface area contributed by atoms with E-state index in [2.05, 4.69) is 17.1 Å². The number of hydrogen-bond acceptors (Lipinski definition) is 5. The molecule has 21 heavy (non-hydrogen) atoms. The molecule has 3 aromatic rings. The fraction of sp³-hybridized carbons (Fsp3) is 0.125. The maximum atomic E-state index is 9.49. The van der Waals surface area contributed by atoms with Gasteiger partial charge >= 0.3 is 0 Å². The molecule has 0 saturated carbocycles. The van der Waals surface area contributed by atoms with Crippen molar-refractivity contribution in [3.8, 4) is 28.6 Å². The predicted octanol–water partition coefficient (Wildman–Crippen LogP) is 4.22. The average Bonchev–Trinajstić information content (AvgIpc) is 2.98. The van der Waals surface area contributed by atoms with Gasteiger partial charge in [0.1, 0.15) is 5.75 Å². The normalized spacial score (nSPS) is 10.7. The van der Waals surface area contributed by atoms with Crippen molar-refractivity contribution < 1.29 is 9.63 Å². The second kappa shape index (κ2) is 6.01. The van der Waals surface area contributed by atoms with Crippen molar-refractivity contribution in [1.29, 1.82) is 0 Å². The van der Waals surface area contributed by atoms with Gasteiger partial charge in [0.2, 0.25) is 5.82 Å². The highest BCUT2D eigenvalue weighted by molar-refractivity contribution is 7.99. The maximum Gasteiger partial charge on any atom is 0.258 e. The Labute approximate surface area is 126 Å². The fourth-order valence-corrected chi connectivity index (χ4v) is 2.63. The van der Waals surface area contributed by atoms with Gasteiger partial charge in [-0.25, -0.2) is 0 Å². The molecular weight excluding hydrogens is 284 g/mol. The van der Waals surface area contributed by atoms with E-state index in [0.717, 1.165) is 11.3 Å². The molecule has 0 spiro atoms. The van der Waals surface area contributed by atoms with E-state index in [0.29, 0.717) is 17.3 Å². The molecule has 0 radical (unpaired) electrons. The Bertz CT molecular complexity index is 738. The minimum absolute atomic E-state index is 0.174. The Hall–Kier alpha value is -2.27. The SMILES string of the molecule is CCSc1ccc(-c2noc(-c3cccc(O)c3)n2)cc1. The zero-order valence-corrected chi connectivity index (χ0v) is 12.3. The van der Waals surface area contributed by atoms with Crippen LogP contribution in [0.4, 0.5) is 0 Å². The number of benzene rings is 2. The third-order valence-electron chi connectivity index (χ3n) is 2.94. The topological polar surface area (TPSA) is 59.2 Å². The first kappa shape index (κ1) is 13.7. The quantitative estimate of drug-likeness (QED) is 0.731. The standard InChI is InChI=1S/C16H14N2O2S/c1-2-21-14-8-6-11(7-9-14)15-17-16(20-18-15)12-4-3-5-13(19)10-12/h3-10,19H,2H2,1H3. The molecule has 0 aliphatic rings. The van der Waals surface area contributed by atoms with Gasteiger partial charge in [-0.1, -0.05) is 18.1 Å². The van der Waals surface area contributed by atoms with Crippen molar-refractivity contribution in [2.45, 2.75) is 11.8 Å². The minimum Gasteiger partial charge on any atom is -0.508 e. The van der Waals surface area contributed by atoms with Crippen LogP contribution in [0.15, 0.2) is 57.9 Å². The number of hydrogen-bond donors (Lipinski definition) is 1. The van der Waals surface area contributed by atoms with Crippen molar-refractivity contribution in [3.05, 3.63) is 48.5 Å². The molecule has 0 aliphatic heterocycles. The average molecular weight is 298 g/mol. The molecular formula is C16H14N2O2S. The molecule has 1 heterocycles. The van der Waals surface area contributed by atoms with Gasteiger partial charge in [-0.05, 0) is 48.2 Å². The summed E-state index contributed by atoms with van der Waals surface area (Å²) in [7, 11) is 0. The van der Waals surface area contributed by atoms with Crippen LogP contribution in [0.1, 0.15) is 6.92 Å². The molecule has 2 aromatic carbocycles. The first-order valence-electron chi connectivity index (χ1n) is 6.62. The van der Waals surface area contributed by atoms with Gasteiger partial charge in [-0.3, -0.25) is 0 Å². The van der Waals surface area contributed by atoms with Crippen molar-refractivity contribution >= 4 is 11.8 Å². The third kappa shape index (κ3) is 3.08. The third-order valence-corrected chi connectivity index (χ3v) is 3.84. The van der Waals surface area contributed by atoms with Crippen LogP contribution in [-0.4, -0.2) is 21.0 Å². The van der Waals surface area contributed by atoms with Crippen molar-refractivity contribution in [2.75, 3.05) is 5.75 Å². The van der Waals surface area contributed by atoms with Gasteiger partial charge < -0.3 is 9.63 Å². The summed E-state index contributed by atoms with van der Waals surface area (Å²) in [4.78, 5) is 5.59. The fourth-order valence-electron chi connectivity index (χ4n) is 1.96. The number of nitrogens with zero attached hydrogens (tertiary/aromatic N) is 2. The lowest BCUT2D eigenvalue weighted by molar-refractivity contribution is 0.431.